The highest BCUT2D eigenvalue weighted by molar-refractivity contribution is 5.87. The molecule has 2 N–H and O–H groups in total. The van der Waals surface area contributed by atoms with Crippen LogP contribution in [0.25, 0.3) is 0 Å². The molecule has 1 aliphatic rings. The standard InChI is InChI=1S/C11H11NO4/c1-11(9(13)14)8-5-3-2-4-7(8)6-12(11)10(15)16/h2-5H,6H2,1H3,(H,13,14)(H,15,16)/t11-/m0/s1. The van der Waals surface area contributed by atoms with Gasteiger partial charge in [0, 0.05) is 0 Å². The zero-order valence-corrected chi connectivity index (χ0v) is 8.67. The molecule has 0 spiro atoms. The summed E-state index contributed by atoms with van der Waals surface area (Å²) in [4.78, 5) is 23.3. The Morgan fingerprint density at radius 1 is 1.31 bits per heavy atom. The van der Waals surface area contributed by atoms with Crippen molar-refractivity contribution in [1.29, 1.82) is 0 Å². The Kier molecular flexibility index (Phi) is 2.11. The van der Waals surface area contributed by atoms with Gasteiger partial charge in [-0.3, -0.25) is 4.90 Å². The van der Waals surface area contributed by atoms with Crippen molar-refractivity contribution >= 4 is 12.1 Å². The van der Waals surface area contributed by atoms with Gasteiger partial charge in [0.25, 0.3) is 0 Å². The summed E-state index contributed by atoms with van der Waals surface area (Å²) in [6.07, 6.45) is -1.22. The van der Waals surface area contributed by atoms with Gasteiger partial charge < -0.3 is 10.2 Å². The summed E-state index contributed by atoms with van der Waals surface area (Å²) < 4.78 is 0. The molecule has 1 aliphatic heterocycles. The van der Waals surface area contributed by atoms with Gasteiger partial charge in [0.1, 0.15) is 0 Å². The number of fused-ring (bicyclic) bond motifs is 1. The van der Waals surface area contributed by atoms with E-state index in [1.807, 2.05) is 0 Å². The van der Waals surface area contributed by atoms with Gasteiger partial charge in [-0.15, -0.1) is 0 Å². The summed E-state index contributed by atoms with van der Waals surface area (Å²) in [6, 6.07) is 6.89. The van der Waals surface area contributed by atoms with Gasteiger partial charge in [0.15, 0.2) is 5.54 Å². The average molecular weight is 221 g/mol. The Labute approximate surface area is 91.9 Å². The predicted molar refractivity (Wildman–Crippen MR) is 55.0 cm³/mol. The summed E-state index contributed by atoms with van der Waals surface area (Å²) in [5, 5.41) is 18.3. The van der Waals surface area contributed by atoms with Crippen molar-refractivity contribution in [2.24, 2.45) is 0 Å². The van der Waals surface area contributed by atoms with Crippen molar-refractivity contribution in [1.82, 2.24) is 4.90 Å². The fraction of sp³-hybridized carbons (Fsp3) is 0.273. The lowest BCUT2D eigenvalue weighted by atomic mass is 9.92. The number of carboxylic acids is 1. The smallest absolute Gasteiger partial charge is 0.408 e. The highest BCUT2D eigenvalue weighted by Gasteiger charge is 2.49. The predicted octanol–water partition coefficient (Wildman–Crippen LogP) is 1.48. The van der Waals surface area contributed by atoms with Crippen LogP contribution in [0.4, 0.5) is 4.79 Å². The fourth-order valence-electron chi connectivity index (χ4n) is 2.10. The van der Waals surface area contributed by atoms with E-state index in [9.17, 15) is 14.7 Å². The molecule has 0 aliphatic carbocycles. The third kappa shape index (κ3) is 1.18. The maximum absolute atomic E-state index is 11.3. The van der Waals surface area contributed by atoms with Crippen LogP contribution in [0.1, 0.15) is 18.1 Å². The van der Waals surface area contributed by atoms with E-state index < -0.39 is 17.6 Å². The van der Waals surface area contributed by atoms with Gasteiger partial charge in [-0.25, -0.2) is 9.59 Å². The molecule has 1 aromatic carbocycles. The molecular formula is C11H11NO4. The van der Waals surface area contributed by atoms with E-state index in [-0.39, 0.29) is 6.54 Å². The van der Waals surface area contributed by atoms with E-state index in [0.29, 0.717) is 5.56 Å². The molecule has 1 aromatic rings. The number of amides is 1. The largest absolute Gasteiger partial charge is 0.479 e. The number of rotatable bonds is 1. The zero-order valence-electron chi connectivity index (χ0n) is 8.67. The topological polar surface area (TPSA) is 77.8 Å². The van der Waals surface area contributed by atoms with E-state index in [0.717, 1.165) is 10.5 Å². The van der Waals surface area contributed by atoms with Crippen molar-refractivity contribution in [2.75, 3.05) is 0 Å². The maximum Gasteiger partial charge on any atom is 0.408 e. The third-order valence-electron chi connectivity index (χ3n) is 3.06. The molecule has 0 radical (unpaired) electrons. The molecule has 0 unspecified atom stereocenters. The Balaban J connectivity index is 2.61. The normalized spacial score (nSPS) is 22.9. The van der Waals surface area contributed by atoms with E-state index in [1.165, 1.54) is 6.92 Å². The van der Waals surface area contributed by atoms with Crippen molar-refractivity contribution in [3.8, 4) is 0 Å². The van der Waals surface area contributed by atoms with Gasteiger partial charge in [-0.1, -0.05) is 24.3 Å². The van der Waals surface area contributed by atoms with Gasteiger partial charge >= 0.3 is 12.1 Å². The van der Waals surface area contributed by atoms with Crippen molar-refractivity contribution in [3.05, 3.63) is 35.4 Å². The third-order valence-corrected chi connectivity index (χ3v) is 3.06. The first kappa shape index (κ1) is 10.5. The van der Waals surface area contributed by atoms with Crippen LogP contribution < -0.4 is 0 Å². The second-order valence-corrected chi connectivity index (χ2v) is 3.90. The minimum Gasteiger partial charge on any atom is -0.479 e. The SMILES string of the molecule is C[C@@]1(C(=O)O)c2ccccc2CN1C(=O)O. The van der Waals surface area contributed by atoms with E-state index in [4.69, 9.17) is 5.11 Å². The van der Waals surface area contributed by atoms with Crippen LogP contribution in [0.5, 0.6) is 0 Å². The fourth-order valence-corrected chi connectivity index (χ4v) is 2.10. The van der Waals surface area contributed by atoms with E-state index in [1.54, 1.807) is 24.3 Å². The molecule has 5 heteroatoms. The second kappa shape index (κ2) is 3.23. The highest BCUT2D eigenvalue weighted by atomic mass is 16.4. The molecule has 0 saturated carbocycles. The lowest BCUT2D eigenvalue weighted by Crippen LogP contribution is -2.47. The monoisotopic (exact) mass is 221 g/mol. The molecule has 0 aromatic heterocycles. The molecule has 84 valence electrons. The van der Waals surface area contributed by atoms with Crippen molar-refractivity contribution < 1.29 is 19.8 Å². The van der Waals surface area contributed by atoms with Gasteiger partial charge in [0.2, 0.25) is 0 Å². The molecule has 0 bridgehead atoms. The molecule has 16 heavy (non-hydrogen) atoms. The van der Waals surface area contributed by atoms with Gasteiger partial charge in [-0.2, -0.15) is 0 Å². The van der Waals surface area contributed by atoms with E-state index in [2.05, 4.69) is 0 Å². The summed E-state index contributed by atoms with van der Waals surface area (Å²) in [5.41, 5.74) is -0.192. The average Bonchev–Trinajstić information content (AvgIpc) is 2.54. The summed E-state index contributed by atoms with van der Waals surface area (Å²) >= 11 is 0. The molecule has 5 nitrogen and oxygen atoms in total. The first-order valence-electron chi connectivity index (χ1n) is 4.80. The van der Waals surface area contributed by atoms with Crippen LogP contribution in [-0.4, -0.2) is 27.2 Å². The van der Waals surface area contributed by atoms with E-state index >= 15 is 0 Å². The van der Waals surface area contributed by atoms with Crippen molar-refractivity contribution in [2.45, 2.75) is 19.0 Å². The first-order chi connectivity index (χ1) is 7.48. The Morgan fingerprint density at radius 2 is 1.94 bits per heavy atom. The molecule has 1 amide bonds. The minimum absolute atomic E-state index is 0.119. The second-order valence-electron chi connectivity index (χ2n) is 3.90. The quantitative estimate of drug-likeness (QED) is 0.752. The van der Waals surface area contributed by atoms with Crippen LogP contribution in [0.3, 0.4) is 0 Å². The summed E-state index contributed by atoms with van der Waals surface area (Å²) in [6.45, 7) is 1.53. The van der Waals surface area contributed by atoms with Crippen molar-refractivity contribution in [3.63, 3.8) is 0 Å². The van der Waals surface area contributed by atoms with Crippen LogP contribution in [-0.2, 0) is 16.9 Å². The van der Waals surface area contributed by atoms with Crippen LogP contribution in [0, 0.1) is 0 Å². The molecule has 1 atom stereocenters. The minimum atomic E-state index is -1.48. The summed E-state index contributed by atoms with van der Waals surface area (Å²) in [7, 11) is 0. The lowest BCUT2D eigenvalue weighted by molar-refractivity contribution is -0.149. The lowest BCUT2D eigenvalue weighted by Gasteiger charge is -2.29. The van der Waals surface area contributed by atoms with Gasteiger partial charge in [-0.05, 0) is 18.1 Å². The molecule has 0 fully saturated rings. The molecule has 0 saturated heterocycles. The number of nitrogens with zero attached hydrogens (tertiary/aromatic N) is 1. The molecular weight excluding hydrogens is 210 g/mol. The molecule has 2 rings (SSSR count). The first-order valence-corrected chi connectivity index (χ1v) is 4.80. The summed E-state index contributed by atoms with van der Waals surface area (Å²) in [5.74, 6) is -1.15. The number of carbonyl (C=O) groups is 2. The Bertz CT molecular complexity index is 471. The van der Waals surface area contributed by atoms with Crippen LogP contribution in [0.2, 0.25) is 0 Å². The van der Waals surface area contributed by atoms with Crippen LogP contribution >= 0.6 is 0 Å². The molecule has 1 heterocycles. The van der Waals surface area contributed by atoms with Gasteiger partial charge in [0.05, 0.1) is 6.54 Å². The van der Waals surface area contributed by atoms with Crippen LogP contribution in [0.15, 0.2) is 24.3 Å². The number of hydrogen-bond donors (Lipinski definition) is 2. The Morgan fingerprint density at radius 3 is 2.50 bits per heavy atom. The Hall–Kier alpha value is -2.04. The number of hydrogen-bond acceptors (Lipinski definition) is 2. The zero-order chi connectivity index (χ0) is 11.9. The maximum atomic E-state index is 11.3. The number of benzene rings is 1. The highest BCUT2D eigenvalue weighted by Crippen LogP contribution is 2.39. The number of aliphatic carboxylic acids is 1. The number of carboxylic acid groups (broad SMARTS) is 2.